The zero-order valence-corrected chi connectivity index (χ0v) is 7.18. The summed E-state index contributed by atoms with van der Waals surface area (Å²) in [6.07, 6.45) is -4.53. The molecule has 12 heavy (non-hydrogen) atoms. The predicted molar refractivity (Wildman–Crippen MR) is 34.4 cm³/mol. The summed E-state index contributed by atoms with van der Waals surface area (Å²) in [5.41, 5.74) is 0. The van der Waals surface area contributed by atoms with E-state index in [0.717, 1.165) is 0 Å². The first kappa shape index (κ1) is 18.9. The van der Waals surface area contributed by atoms with E-state index in [4.69, 9.17) is 20.4 Å². The number of carboxylic acid groups (broad SMARTS) is 2. The molecule has 2 atom stereocenters. The summed E-state index contributed by atoms with van der Waals surface area (Å²) < 4.78 is 0. The summed E-state index contributed by atoms with van der Waals surface area (Å²) in [6.45, 7) is 0. The van der Waals surface area contributed by atoms with Gasteiger partial charge in [-0.05, 0) is 0 Å². The quantitative estimate of drug-likeness (QED) is 0.417. The molecule has 0 aliphatic rings. The van der Waals surface area contributed by atoms with Gasteiger partial charge in [0, 0.05) is 21.1 Å². The van der Waals surface area contributed by atoms with Crippen LogP contribution in [0.1, 0.15) is 0 Å². The van der Waals surface area contributed by atoms with Gasteiger partial charge in [-0.15, -0.1) is 0 Å². The molecule has 0 heterocycles. The van der Waals surface area contributed by atoms with Crippen molar-refractivity contribution in [3.8, 4) is 0 Å². The van der Waals surface area contributed by atoms with E-state index in [1.165, 1.54) is 0 Å². The molecule has 0 fully saturated rings. The summed E-state index contributed by atoms with van der Waals surface area (Å²) >= 11 is 0. The first-order valence-electron chi connectivity index (χ1n) is 2.28. The SMILES string of the molecule is O=C(O)C(O)C(O)C(=O)O.[KH].[Mo]. The molecule has 0 amide bonds. The van der Waals surface area contributed by atoms with Gasteiger partial charge >= 0.3 is 63.3 Å². The largest absolute Gasteiger partial charge is 0 e. The molecule has 8 heteroatoms. The van der Waals surface area contributed by atoms with E-state index in [-0.39, 0.29) is 72.4 Å². The second-order valence-corrected chi connectivity index (χ2v) is 1.57. The van der Waals surface area contributed by atoms with Crippen LogP contribution in [0.5, 0.6) is 0 Å². The first-order valence-corrected chi connectivity index (χ1v) is 2.28. The minimum Gasteiger partial charge on any atom is 0 e. The molecule has 0 aromatic rings. The maximum atomic E-state index is 9.77. The first-order chi connectivity index (χ1) is 4.46. The molecular formula is C4H7KMoO6. The van der Waals surface area contributed by atoms with Crippen LogP contribution in [0.25, 0.3) is 0 Å². The van der Waals surface area contributed by atoms with Crippen LogP contribution < -0.4 is 0 Å². The Morgan fingerprint density at radius 1 is 0.917 bits per heavy atom. The molecule has 0 rings (SSSR count). The van der Waals surface area contributed by atoms with Crippen LogP contribution in [-0.2, 0) is 30.7 Å². The third-order valence-corrected chi connectivity index (χ3v) is 0.805. The van der Waals surface area contributed by atoms with Crippen LogP contribution in [-0.4, -0.2) is 96.0 Å². The van der Waals surface area contributed by atoms with E-state index in [1.54, 1.807) is 0 Å². The number of hydrogen-bond acceptors (Lipinski definition) is 4. The Hall–Kier alpha value is 1.18. The number of aliphatic hydroxyl groups excluding tert-OH is 2. The Labute approximate surface area is 125 Å². The maximum absolute atomic E-state index is 9.77. The van der Waals surface area contributed by atoms with Gasteiger partial charge in [-0.2, -0.15) is 0 Å². The van der Waals surface area contributed by atoms with Gasteiger partial charge in [-0.1, -0.05) is 0 Å². The normalized spacial score (nSPS) is 13.2. The molecule has 0 spiro atoms. The van der Waals surface area contributed by atoms with Crippen LogP contribution in [0.4, 0.5) is 0 Å². The zero-order valence-electron chi connectivity index (χ0n) is 5.17. The standard InChI is InChI=1S/C4H6O6.K.Mo.H/c5-1(3(7)8)2(6)4(9)10;;;/h1-2,5-6H,(H,7,8)(H,9,10);;;. The molecule has 0 aliphatic carbocycles. The Bertz CT molecular complexity index is 144. The van der Waals surface area contributed by atoms with E-state index in [9.17, 15) is 9.59 Å². The van der Waals surface area contributed by atoms with Crippen LogP contribution in [0.2, 0.25) is 0 Å². The van der Waals surface area contributed by atoms with E-state index >= 15 is 0 Å². The van der Waals surface area contributed by atoms with E-state index in [0.29, 0.717) is 0 Å². The van der Waals surface area contributed by atoms with Gasteiger partial charge in [0.25, 0.3) is 0 Å². The minimum atomic E-state index is -2.27. The average molecular weight is 286 g/mol. The van der Waals surface area contributed by atoms with Crippen molar-refractivity contribution in [1.29, 1.82) is 0 Å². The topological polar surface area (TPSA) is 115 Å². The van der Waals surface area contributed by atoms with Crippen molar-refractivity contribution in [2.24, 2.45) is 0 Å². The molecule has 0 aromatic heterocycles. The molecule has 0 saturated heterocycles. The van der Waals surface area contributed by atoms with Gasteiger partial charge in [-0.3, -0.25) is 0 Å². The molecule has 0 bridgehead atoms. The Morgan fingerprint density at radius 2 is 1.08 bits per heavy atom. The zero-order chi connectivity index (χ0) is 8.31. The average Bonchev–Trinajstić information content (AvgIpc) is 1.84. The van der Waals surface area contributed by atoms with Crippen molar-refractivity contribution in [2.45, 2.75) is 12.2 Å². The van der Waals surface area contributed by atoms with E-state index in [2.05, 4.69) is 0 Å². The van der Waals surface area contributed by atoms with Gasteiger partial charge in [-0.25, -0.2) is 9.59 Å². The maximum Gasteiger partial charge on any atom is 0 e. The number of aliphatic hydroxyl groups is 2. The van der Waals surface area contributed by atoms with Gasteiger partial charge in [0.15, 0.2) is 12.2 Å². The van der Waals surface area contributed by atoms with Gasteiger partial charge in [0.1, 0.15) is 0 Å². The minimum absolute atomic E-state index is 0. The fraction of sp³-hybridized carbons (Fsp3) is 0.500. The molecule has 2 unspecified atom stereocenters. The second kappa shape index (κ2) is 8.77. The monoisotopic (exact) mass is 288 g/mol. The molecule has 0 aliphatic heterocycles. The number of carboxylic acids is 2. The third-order valence-electron chi connectivity index (χ3n) is 0.805. The molecule has 0 saturated carbocycles. The van der Waals surface area contributed by atoms with Crippen LogP contribution in [0.15, 0.2) is 0 Å². The summed E-state index contributed by atoms with van der Waals surface area (Å²) in [6, 6.07) is 0. The van der Waals surface area contributed by atoms with E-state index < -0.39 is 24.1 Å². The number of carbonyl (C=O) groups is 2. The Morgan fingerprint density at radius 3 is 1.17 bits per heavy atom. The van der Waals surface area contributed by atoms with E-state index in [1.807, 2.05) is 0 Å². The van der Waals surface area contributed by atoms with Crippen molar-refractivity contribution < 1.29 is 51.1 Å². The van der Waals surface area contributed by atoms with Crippen molar-refractivity contribution in [2.75, 3.05) is 0 Å². The fourth-order valence-corrected chi connectivity index (χ4v) is 0.270. The Balaban J connectivity index is -0.000000405. The van der Waals surface area contributed by atoms with Crippen molar-refractivity contribution >= 4 is 63.3 Å². The van der Waals surface area contributed by atoms with Gasteiger partial charge < -0.3 is 20.4 Å². The summed E-state index contributed by atoms with van der Waals surface area (Å²) in [5, 5.41) is 32.5. The van der Waals surface area contributed by atoms with Crippen LogP contribution in [0.3, 0.4) is 0 Å². The number of aliphatic carboxylic acids is 2. The number of hydrogen-bond donors (Lipinski definition) is 4. The smallest absolute Gasteiger partial charge is 0 e. The number of rotatable bonds is 3. The second-order valence-electron chi connectivity index (χ2n) is 1.57. The Kier molecular flexibility index (Phi) is 13.8. The molecular weight excluding hydrogens is 279 g/mol. The predicted octanol–water partition coefficient (Wildman–Crippen LogP) is -2.77. The van der Waals surface area contributed by atoms with Crippen LogP contribution in [0, 0.1) is 0 Å². The summed E-state index contributed by atoms with van der Waals surface area (Å²) in [5.74, 6) is -3.54. The molecule has 0 aromatic carbocycles. The molecule has 0 radical (unpaired) electrons. The summed E-state index contributed by atoms with van der Waals surface area (Å²) in [4.78, 5) is 19.5. The van der Waals surface area contributed by atoms with Crippen molar-refractivity contribution in [3.05, 3.63) is 0 Å². The van der Waals surface area contributed by atoms with Gasteiger partial charge in [0.2, 0.25) is 0 Å². The fourth-order valence-electron chi connectivity index (χ4n) is 0.270. The van der Waals surface area contributed by atoms with Gasteiger partial charge in [0.05, 0.1) is 0 Å². The third kappa shape index (κ3) is 6.67. The van der Waals surface area contributed by atoms with Crippen molar-refractivity contribution in [3.63, 3.8) is 0 Å². The van der Waals surface area contributed by atoms with Crippen molar-refractivity contribution in [1.82, 2.24) is 0 Å². The summed E-state index contributed by atoms with van der Waals surface area (Å²) in [7, 11) is 0. The van der Waals surface area contributed by atoms with Crippen LogP contribution >= 0.6 is 0 Å². The molecule has 6 nitrogen and oxygen atoms in total. The molecule has 66 valence electrons. The molecule has 4 N–H and O–H groups in total.